The van der Waals surface area contributed by atoms with Crippen molar-refractivity contribution < 1.29 is 31.1 Å². The van der Waals surface area contributed by atoms with Gasteiger partial charge in [-0.05, 0) is 42.7 Å². The van der Waals surface area contributed by atoms with E-state index in [0.29, 0.717) is 46.9 Å². The summed E-state index contributed by atoms with van der Waals surface area (Å²) in [4.78, 5) is 17.8. The fraction of sp³-hybridized carbons (Fsp3) is 0.417. The van der Waals surface area contributed by atoms with Crippen molar-refractivity contribution >= 4 is 57.5 Å². The number of amides is 1. The van der Waals surface area contributed by atoms with Crippen LogP contribution >= 0.6 is 23.2 Å². The molecule has 15 heteroatoms. The topological polar surface area (TPSA) is 88.2 Å². The molecule has 0 saturated carbocycles. The molecule has 2 heterocycles. The molecular formula is C24H24Cl2F6N6O. The number of nitrogens with two attached hydrogens (primary N) is 1. The van der Waals surface area contributed by atoms with Crippen LogP contribution in [0.15, 0.2) is 30.3 Å². The quantitative estimate of drug-likeness (QED) is 0.308. The minimum atomic E-state index is -4.87. The summed E-state index contributed by atoms with van der Waals surface area (Å²) >= 11 is 12.7. The van der Waals surface area contributed by atoms with Crippen LogP contribution in [-0.4, -0.2) is 46.9 Å². The van der Waals surface area contributed by atoms with Gasteiger partial charge in [-0.15, -0.1) is 0 Å². The first-order chi connectivity index (χ1) is 18.1. The Kier molecular flexibility index (Phi) is 8.16. The first-order valence-electron chi connectivity index (χ1n) is 11.8. The van der Waals surface area contributed by atoms with E-state index < -0.39 is 30.2 Å². The van der Waals surface area contributed by atoms with Crippen molar-refractivity contribution in [2.24, 2.45) is 18.7 Å². The minimum Gasteiger partial charge on any atom is -0.370 e. The van der Waals surface area contributed by atoms with Gasteiger partial charge in [-0.2, -0.15) is 26.3 Å². The number of rotatable bonds is 6. The van der Waals surface area contributed by atoms with Gasteiger partial charge in [-0.3, -0.25) is 4.79 Å². The fourth-order valence-electron chi connectivity index (χ4n) is 4.37. The van der Waals surface area contributed by atoms with Crippen molar-refractivity contribution in [3.63, 3.8) is 0 Å². The average molecular weight is 597 g/mol. The normalized spacial score (nSPS) is 17.4. The minimum absolute atomic E-state index is 0.0677. The van der Waals surface area contributed by atoms with Gasteiger partial charge in [-0.25, -0.2) is 4.98 Å². The van der Waals surface area contributed by atoms with E-state index in [1.165, 1.54) is 18.2 Å². The van der Waals surface area contributed by atoms with Gasteiger partial charge >= 0.3 is 12.4 Å². The largest absolute Gasteiger partial charge is 0.412 e. The van der Waals surface area contributed by atoms with E-state index in [-0.39, 0.29) is 29.6 Å². The van der Waals surface area contributed by atoms with E-state index in [1.807, 2.05) is 0 Å². The Morgan fingerprint density at radius 1 is 1.15 bits per heavy atom. The number of aryl methyl sites for hydroxylation is 1. The van der Waals surface area contributed by atoms with E-state index in [0.717, 1.165) is 0 Å². The number of anilines is 3. The summed E-state index contributed by atoms with van der Waals surface area (Å²) in [5.41, 5.74) is 7.28. The predicted molar refractivity (Wildman–Crippen MR) is 137 cm³/mol. The van der Waals surface area contributed by atoms with Crippen LogP contribution in [0.5, 0.6) is 0 Å². The van der Waals surface area contributed by atoms with E-state index in [2.05, 4.69) is 15.6 Å². The number of carbonyl (C=O) groups is 1. The third-order valence-corrected chi connectivity index (χ3v) is 7.19. The summed E-state index contributed by atoms with van der Waals surface area (Å²) in [6, 6.07) is 5.17. The Morgan fingerprint density at radius 2 is 1.87 bits per heavy atom. The van der Waals surface area contributed by atoms with Crippen LogP contribution in [0.25, 0.3) is 11.0 Å². The molecule has 7 nitrogen and oxygen atoms in total. The summed E-state index contributed by atoms with van der Waals surface area (Å²) in [7, 11) is 1.70. The molecule has 2 unspecified atom stereocenters. The molecule has 1 aliphatic rings. The van der Waals surface area contributed by atoms with Crippen molar-refractivity contribution in [2.45, 2.75) is 37.8 Å². The molecule has 4 N–H and O–H groups in total. The molecular weight excluding hydrogens is 573 g/mol. The van der Waals surface area contributed by atoms with Crippen LogP contribution < -0.4 is 21.3 Å². The van der Waals surface area contributed by atoms with Gasteiger partial charge in [0.05, 0.1) is 38.4 Å². The molecule has 3 aromatic rings. The SMILES string of the molecule is Cn1c(Nc2cc(CNC(=O)C(N)C(F)(F)F)ccc2Cl)nc2cc(Cl)c(N3CCCC(C(F)(F)F)C3)cc21. The van der Waals surface area contributed by atoms with Gasteiger partial charge in [0.25, 0.3) is 0 Å². The number of nitrogens with zero attached hydrogens (tertiary/aromatic N) is 3. The van der Waals surface area contributed by atoms with Crippen LogP contribution in [0.2, 0.25) is 10.0 Å². The molecule has 0 radical (unpaired) electrons. The Balaban J connectivity index is 1.55. The van der Waals surface area contributed by atoms with Crippen LogP contribution in [-0.2, 0) is 18.4 Å². The zero-order valence-corrected chi connectivity index (χ0v) is 21.9. The monoisotopic (exact) mass is 596 g/mol. The van der Waals surface area contributed by atoms with Crippen molar-refractivity contribution in [1.82, 2.24) is 14.9 Å². The van der Waals surface area contributed by atoms with Gasteiger partial charge < -0.3 is 25.8 Å². The number of alkyl halides is 6. The molecule has 1 aliphatic heterocycles. The van der Waals surface area contributed by atoms with Gasteiger partial charge in [-0.1, -0.05) is 29.3 Å². The van der Waals surface area contributed by atoms with Crippen molar-refractivity contribution in [1.29, 1.82) is 0 Å². The Morgan fingerprint density at radius 3 is 2.54 bits per heavy atom. The standard InChI is InChI=1S/C24H24Cl2F6N6O/c1-37-19-9-18(38-6-2-3-13(11-38)23(27,28)29)15(26)8-17(19)36-22(37)35-16-7-12(4-5-14(16)25)10-34-21(39)20(33)24(30,31)32/h4-5,7-9,13,20H,2-3,6,10-11,33H2,1H3,(H,34,39)(H,35,36). The molecule has 1 saturated heterocycles. The zero-order valence-electron chi connectivity index (χ0n) is 20.4. The maximum absolute atomic E-state index is 13.3. The van der Waals surface area contributed by atoms with Gasteiger partial charge in [0.2, 0.25) is 11.9 Å². The molecule has 0 bridgehead atoms. The Labute approximate surface area is 229 Å². The summed E-state index contributed by atoms with van der Waals surface area (Å²) in [6.07, 6.45) is -8.71. The molecule has 1 fully saturated rings. The van der Waals surface area contributed by atoms with Crippen LogP contribution in [0.1, 0.15) is 18.4 Å². The predicted octanol–water partition coefficient (Wildman–Crippen LogP) is 5.91. The summed E-state index contributed by atoms with van der Waals surface area (Å²) in [5, 5.41) is 5.73. The summed E-state index contributed by atoms with van der Waals surface area (Å²) < 4.78 is 79.6. The average Bonchev–Trinajstić information content (AvgIpc) is 3.16. The lowest BCUT2D eigenvalue weighted by Crippen LogP contribution is -2.49. The van der Waals surface area contributed by atoms with Gasteiger partial charge in [0, 0.05) is 26.7 Å². The molecule has 1 amide bonds. The lowest BCUT2D eigenvalue weighted by atomic mass is 9.97. The highest BCUT2D eigenvalue weighted by molar-refractivity contribution is 6.34. The summed E-state index contributed by atoms with van der Waals surface area (Å²) in [5.74, 6) is -2.48. The number of benzene rings is 2. The molecule has 2 aromatic carbocycles. The molecule has 39 heavy (non-hydrogen) atoms. The number of halogens is 8. The number of aromatic nitrogens is 2. The second kappa shape index (κ2) is 10.9. The fourth-order valence-corrected chi connectivity index (χ4v) is 4.81. The Bertz CT molecular complexity index is 1380. The number of hydrogen-bond donors (Lipinski definition) is 3. The second-order valence-electron chi connectivity index (χ2n) is 9.29. The first-order valence-corrected chi connectivity index (χ1v) is 12.5. The molecule has 1 aromatic heterocycles. The van der Waals surface area contributed by atoms with Crippen molar-refractivity contribution in [3.05, 3.63) is 45.9 Å². The number of nitrogens with one attached hydrogen (secondary N) is 2. The van der Waals surface area contributed by atoms with Crippen molar-refractivity contribution in [3.8, 4) is 0 Å². The number of hydrogen-bond acceptors (Lipinski definition) is 5. The maximum atomic E-state index is 13.3. The summed E-state index contributed by atoms with van der Waals surface area (Å²) in [6.45, 7) is 0.0167. The second-order valence-corrected chi connectivity index (χ2v) is 10.1. The van der Waals surface area contributed by atoms with Gasteiger partial charge in [0.1, 0.15) is 0 Å². The number of carbonyl (C=O) groups excluding carboxylic acids is 1. The van der Waals surface area contributed by atoms with Crippen LogP contribution in [0.3, 0.4) is 0 Å². The third kappa shape index (κ3) is 6.47. The lowest BCUT2D eigenvalue weighted by molar-refractivity contribution is -0.176. The molecule has 2 atom stereocenters. The van der Waals surface area contributed by atoms with E-state index in [9.17, 15) is 31.1 Å². The van der Waals surface area contributed by atoms with Crippen LogP contribution in [0.4, 0.5) is 43.7 Å². The molecule has 0 spiro atoms. The molecule has 212 valence electrons. The highest BCUT2D eigenvalue weighted by atomic mass is 35.5. The Hall–Kier alpha value is -2.90. The van der Waals surface area contributed by atoms with Crippen LogP contribution in [0, 0.1) is 5.92 Å². The highest BCUT2D eigenvalue weighted by Crippen LogP contribution is 2.39. The van der Waals surface area contributed by atoms with Gasteiger partial charge in [0.15, 0.2) is 6.04 Å². The first kappa shape index (κ1) is 29.1. The number of imidazole rings is 1. The smallest absolute Gasteiger partial charge is 0.370 e. The van der Waals surface area contributed by atoms with Crippen molar-refractivity contribution in [2.75, 3.05) is 23.3 Å². The van der Waals surface area contributed by atoms with E-state index in [4.69, 9.17) is 28.9 Å². The molecule has 4 rings (SSSR count). The van der Waals surface area contributed by atoms with E-state index >= 15 is 0 Å². The number of fused-ring (bicyclic) bond motifs is 1. The third-order valence-electron chi connectivity index (χ3n) is 6.55. The zero-order chi connectivity index (χ0) is 28.7. The number of piperidine rings is 1. The lowest BCUT2D eigenvalue weighted by Gasteiger charge is -2.35. The maximum Gasteiger partial charge on any atom is 0.412 e. The molecule has 0 aliphatic carbocycles. The highest BCUT2D eigenvalue weighted by Gasteiger charge is 2.43. The van der Waals surface area contributed by atoms with E-state index in [1.54, 1.807) is 28.6 Å².